The molecule has 0 aliphatic rings. The number of ether oxygens (including phenoxy) is 3. The zero-order chi connectivity index (χ0) is 14.7. The maximum atomic E-state index is 11.4. The molecule has 0 aromatic carbocycles. The Hall–Kier alpha value is -1.57. The topological polar surface area (TPSA) is 90.9 Å². The van der Waals surface area contributed by atoms with Gasteiger partial charge < -0.3 is 19.5 Å². The quantitative estimate of drug-likeness (QED) is 0.277. The van der Waals surface area contributed by atoms with E-state index in [2.05, 4.69) is 5.32 Å². The highest BCUT2D eigenvalue weighted by molar-refractivity contribution is 6.08. The third kappa shape index (κ3) is 11.3. The molecule has 19 heavy (non-hydrogen) atoms. The smallest absolute Gasteiger partial charge is 0.407 e. The van der Waals surface area contributed by atoms with Gasteiger partial charge in [0.2, 0.25) is 0 Å². The van der Waals surface area contributed by atoms with Crippen LogP contribution < -0.4 is 5.32 Å². The lowest BCUT2D eigenvalue weighted by Gasteiger charge is -2.17. The van der Waals surface area contributed by atoms with Gasteiger partial charge in [-0.15, -0.1) is 0 Å². The predicted octanol–water partition coefficient (Wildman–Crippen LogP) is -0.619. The molecular weight excluding hydrogens is 270 g/mol. The number of amides is 1. The van der Waals surface area contributed by atoms with Crippen LogP contribution in [0, 0.1) is 0 Å². The van der Waals surface area contributed by atoms with Gasteiger partial charge in [-0.3, -0.25) is 9.59 Å². The van der Waals surface area contributed by atoms with Gasteiger partial charge in [-0.05, 0) is 6.42 Å². The predicted molar refractivity (Wildman–Crippen MR) is 70.9 cm³/mol. The highest BCUT2D eigenvalue weighted by Gasteiger charge is 2.17. The van der Waals surface area contributed by atoms with Crippen molar-refractivity contribution >= 4 is 28.3 Å². The van der Waals surface area contributed by atoms with E-state index in [1.165, 1.54) is 13.8 Å². The van der Waals surface area contributed by atoms with E-state index in [-0.39, 0.29) is 13.2 Å². The first-order chi connectivity index (χ1) is 8.95. The lowest BCUT2D eigenvalue weighted by molar-refractivity contribution is -0.149. The van der Waals surface area contributed by atoms with Crippen molar-refractivity contribution in [2.45, 2.75) is 32.4 Å². The van der Waals surface area contributed by atoms with E-state index in [1.54, 1.807) is 0 Å². The SMILES string of the molecule is CC(=O)OCC(COC(C)=O)OC(=O)NCCC[SiH3]. The van der Waals surface area contributed by atoms with Crippen LogP contribution in [-0.4, -0.2) is 54.1 Å². The number of hydrogen-bond donors (Lipinski definition) is 1. The van der Waals surface area contributed by atoms with E-state index < -0.39 is 24.1 Å². The van der Waals surface area contributed by atoms with Gasteiger partial charge in [0.15, 0.2) is 6.10 Å². The van der Waals surface area contributed by atoms with Crippen LogP contribution in [0.4, 0.5) is 4.79 Å². The third-order valence-corrected chi connectivity index (χ3v) is 2.73. The van der Waals surface area contributed by atoms with Crippen molar-refractivity contribution in [1.29, 1.82) is 0 Å². The first-order valence-electron chi connectivity index (χ1n) is 6.16. The summed E-state index contributed by atoms with van der Waals surface area (Å²) in [5.41, 5.74) is 0. The first kappa shape index (κ1) is 17.4. The molecule has 0 fully saturated rings. The summed E-state index contributed by atoms with van der Waals surface area (Å²) in [5.74, 6) is -0.986. The summed E-state index contributed by atoms with van der Waals surface area (Å²) in [7, 11) is 1.09. The van der Waals surface area contributed by atoms with Crippen LogP contribution in [0.15, 0.2) is 0 Å². The summed E-state index contributed by atoms with van der Waals surface area (Å²) in [6.07, 6.45) is -0.511. The molecule has 110 valence electrons. The minimum Gasteiger partial charge on any atom is -0.462 e. The van der Waals surface area contributed by atoms with Crippen LogP contribution in [0.25, 0.3) is 0 Å². The molecule has 0 unspecified atom stereocenters. The Bertz CT molecular complexity index is 292. The molecule has 7 nitrogen and oxygen atoms in total. The summed E-state index contributed by atoms with van der Waals surface area (Å²) in [6.45, 7) is 2.74. The summed E-state index contributed by atoms with van der Waals surface area (Å²) in [6, 6.07) is 1.09. The minimum atomic E-state index is -0.802. The van der Waals surface area contributed by atoms with E-state index in [4.69, 9.17) is 14.2 Å². The van der Waals surface area contributed by atoms with Gasteiger partial charge in [-0.25, -0.2) is 4.79 Å². The zero-order valence-electron chi connectivity index (χ0n) is 11.6. The number of nitrogens with one attached hydrogen (secondary N) is 1. The second-order valence-electron chi connectivity index (χ2n) is 3.91. The van der Waals surface area contributed by atoms with Crippen LogP contribution in [0.5, 0.6) is 0 Å². The number of esters is 2. The Morgan fingerprint density at radius 2 is 1.63 bits per heavy atom. The van der Waals surface area contributed by atoms with E-state index >= 15 is 0 Å². The fraction of sp³-hybridized carbons (Fsp3) is 0.727. The summed E-state index contributed by atoms with van der Waals surface area (Å²) >= 11 is 0. The first-order valence-corrected chi connectivity index (χ1v) is 7.58. The normalized spacial score (nSPS) is 10.1. The fourth-order valence-electron chi connectivity index (χ4n) is 1.10. The molecule has 8 heteroatoms. The molecule has 0 atom stereocenters. The average molecular weight is 291 g/mol. The van der Waals surface area contributed by atoms with Crippen LogP contribution >= 0.6 is 0 Å². The van der Waals surface area contributed by atoms with Crippen LogP contribution in [0.2, 0.25) is 6.04 Å². The van der Waals surface area contributed by atoms with Crippen molar-refractivity contribution < 1.29 is 28.6 Å². The number of carbonyl (C=O) groups is 3. The van der Waals surface area contributed by atoms with Crippen LogP contribution in [0.3, 0.4) is 0 Å². The highest BCUT2D eigenvalue weighted by atomic mass is 28.1. The van der Waals surface area contributed by atoms with Crippen molar-refractivity contribution in [1.82, 2.24) is 5.32 Å². The summed E-state index contributed by atoms with van der Waals surface area (Å²) in [4.78, 5) is 32.8. The molecular formula is C11H21NO6Si. The molecule has 0 radical (unpaired) electrons. The van der Waals surface area contributed by atoms with Gasteiger partial charge in [0, 0.05) is 30.6 Å². The Morgan fingerprint density at radius 3 is 2.05 bits per heavy atom. The molecule has 0 saturated carbocycles. The highest BCUT2D eigenvalue weighted by Crippen LogP contribution is 1.98. The number of rotatable bonds is 8. The largest absolute Gasteiger partial charge is 0.462 e. The van der Waals surface area contributed by atoms with Gasteiger partial charge in [-0.1, -0.05) is 6.04 Å². The number of alkyl carbamates (subject to hydrolysis) is 1. The molecule has 0 aromatic rings. The fourth-order valence-corrected chi connectivity index (χ4v) is 1.45. The molecule has 0 saturated heterocycles. The second-order valence-corrected chi connectivity index (χ2v) is 4.91. The van der Waals surface area contributed by atoms with Crippen molar-refractivity contribution in [2.75, 3.05) is 19.8 Å². The van der Waals surface area contributed by atoms with E-state index in [9.17, 15) is 14.4 Å². The van der Waals surface area contributed by atoms with Crippen molar-refractivity contribution in [2.24, 2.45) is 0 Å². The third-order valence-electron chi connectivity index (χ3n) is 2.02. The van der Waals surface area contributed by atoms with Gasteiger partial charge in [0.25, 0.3) is 0 Å². The van der Waals surface area contributed by atoms with Crippen LogP contribution in [0.1, 0.15) is 20.3 Å². The Labute approximate surface area is 115 Å². The number of carbonyl (C=O) groups excluding carboxylic acids is 3. The zero-order valence-corrected chi connectivity index (χ0v) is 13.6. The van der Waals surface area contributed by atoms with Crippen molar-refractivity contribution in [3.63, 3.8) is 0 Å². The van der Waals surface area contributed by atoms with E-state index in [0.717, 1.165) is 22.7 Å². The van der Waals surface area contributed by atoms with E-state index in [1.807, 2.05) is 0 Å². The number of hydrogen-bond acceptors (Lipinski definition) is 6. The van der Waals surface area contributed by atoms with Crippen LogP contribution in [-0.2, 0) is 23.8 Å². The van der Waals surface area contributed by atoms with Gasteiger partial charge in [0.05, 0.1) is 0 Å². The maximum absolute atomic E-state index is 11.4. The monoisotopic (exact) mass is 291 g/mol. The minimum absolute atomic E-state index is 0.142. The lowest BCUT2D eigenvalue weighted by atomic mass is 10.4. The lowest BCUT2D eigenvalue weighted by Crippen LogP contribution is -2.35. The summed E-state index contributed by atoms with van der Waals surface area (Å²) in [5, 5.41) is 2.57. The molecule has 0 spiro atoms. The molecule has 0 aliphatic heterocycles. The van der Waals surface area contributed by atoms with Gasteiger partial charge in [-0.2, -0.15) is 0 Å². The molecule has 0 heterocycles. The van der Waals surface area contributed by atoms with Gasteiger partial charge >= 0.3 is 18.0 Å². The molecule has 0 bridgehead atoms. The molecule has 0 aliphatic carbocycles. The van der Waals surface area contributed by atoms with E-state index in [0.29, 0.717) is 6.54 Å². The average Bonchev–Trinajstić information content (AvgIpc) is 2.32. The standard InChI is InChI=1S/C11H21NO6Si/c1-8(13)16-6-10(7-17-9(2)14)18-11(15)12-4-3-5-19/h10H,3-7H2,1-2,19H3,(H,12,15). The Kier molecular flexibility index (Phi) is 9.50. The Morgan fingerprint density at radius 1 is 1.11 bits per heavy atom. The van der Waals surface area contributed by atoms with Crippen molar-refractivity contribution in [3.8, 4) is 0 Å². The second kappa shape index (κ2) is 10.4. The molecule has 0 rings (SSSR count). The Balaban J connectivity index is 4.11. The summed E-state index contributed by atoms with van der Waals surface area (Å²) < 4.78 is 14.5. The molecule has 0 aromatic heterocycles. The molecule has 1 amide bonds. The van der Waals surface area contributed by atoms with Gasteiger partial charge in [0.1, 0.15) is 13.2 Å². The van der Waals surface area contributed by atoms with Crippen molar-refractivity contribution in [3.05, 3.63) is 0 Å². The molecule has 1 N–H and O–H groups in total. The maximum Gasteiger partial charge on any atom is 0.407 e.